The molecule has 8 aromatic carbocycles. The van der Waals surface area contributed by atoms with Crippen LogP contribution in [0, 0.1) is 0 Å². The van der Waals surface area contributed by atoms with Crippen molar-refractivity contribution in [2.75, 3.05) is 0 Å². The molecule has 2 heterocycles. The Hall–Kier alpha value is -7.10. The summed E-state index contributed by atoms with van der Waals surface area (Å²) in [5, 5.41) is 4.69. The number of furan rings is 1. The van der Waals surface area contributed by atoms with Gasteiger partial charge >= 0.3 is 0 Å². The fourth-order valence-corrected chi connectivity index (χ4v) is 7.36. The minimum absolute atomic E-state index is 0.688. The van der Waals surface area contributed by atoms with Crippen molar-refractivity contribution in [1.82, 2.24) is 9.97 Å². The van der Waals surface area contributed by atoms with Crippen LogP contribution in [0.5, 0.6) is 0 Å². The highest BCUT2D eigenvalue weighted by Gasteiger charge is 2.17. The van der Waals surface area contributed by atoms with Gasteiger partial charge in [-0.25, -0.2) is 9.97 Å². The third-order valence-electron chi connectivity index (χ3n) is 10.1. The van der Waals surface area contributed by atoms with Crippen molar-refractivity contribution in [3.63, 3.8) is 0 Å². The first kappa shape index (κ1) is 30.7. The maximum absolute atomic E-state index is 6.55. The number of rotatable bonds is 6. The maximum Gasteiger partial charge on any atom is 0.160 e. The Morgan fingerprint density at radius 3 is 1.70 bits per heavy atom. The molecule has 0 aliphatic rings. The molecule has 0 atom stereocenters. The highest BCUT2D eigenvalue weighted by atomic mass is 16.3. The van der Waals surface area contributed by atoms with E-state index >= 15 is 0 Å². The molecule has 2 aromatic heterocycles. The van der Waals surface area contributed by atoms with Crippen LogP contribution in [0.15, 0.2) is 199 Å². The normalized spacial score (nSPS) is 11.4. The van der Waals surface area contributed by atoms with E-state index < -0.39 is 0 Å². The number of aromatic nitrogens is 2. The van der Waals surface area contributed by atoms with Gasteiger partial charge in [-0.05, 0) is 75.0 Å². The van der Waals surface area contributed by atoms with Gasteiger partial charge in [0.05, 0.1) is 11.4 Å². The Morgan fingerprint density at radius 1 is 0.321 bits per heavy atom. The standard InChI is InChI=1S/C50H32N2O/c1-3-13-36(14-4-1)46-32-47(52-50(51-46)37-15-5-2-6-16-37)42-30-40(35-24-22-34(23-25-35)39-27-26-33-12-7-8-17-38(33)28-39)29-41(31-42)43-19-11-20-45-44-18-9-10-21-48(44)53-49(43)45/h1-32H. The summed E-state index contributed by atoms with van der Waals surface area (Å²) in [5.41, 5.74) is 13.2. The highest BCUT2D eigenvalue weighted by molar-refractivity contribution is 6.09. The first-order chi connectivity index (χ1) is 26.2. The van der Waals surface area contributed by atoms with Gasteiger partial charge in [-0.1, -0.05) is 158 Å². The van der Waals surface area contributed by atoms with Crippen LogP contribution in [0.1, 0.15) is 0 Å². The minimum atomic E-state index is 0.688. The van der Waals surface area contributed by atoms with Crippen molar-refractivity contribution < 1.29 is 4.42 Å². The smallest absolute Gasteiger partial charge is 0.160 e. The molecule has 0 aliphatic carbocycles. The number of nitrogens with zero attached hydrogens (tertiary/aromatic N) is 2. The third-order valence-corrected chi connectivity index (χ3v) is 10.1. The van der Waals surface area contributed by atoms with Gasteiger partial charge in [0.2, 0.25) is 0 Å². The number of para-hydroxylation sites is 2. The summed E-state index contributed by atoms with van der Waals surface area (Å²) in [7, 11) is 0. The van der Waals surface area contributed by atoms with E-state index in [0.29, 0.717) is 5.82 Å². The molecule has 0 unspecified atom stereocenters. The predicted molar refractivity (Wildman–Crippen MR) is 219 cm³/mol. The lowest BCUT2D eigenvalue weighted by molar-refractivity contribution is 0.670. The van der Waals surface area contributed by atoms with Crippen LogP contribution < -0.4 is 0 Å². The molecule has 0 bridgehead atoms. The summed E-state index contributed by atoms with van der Waals surface area (Å²) < 4.78 is 6.55. The second kappa shape index (κ2) is 12.9. The van der Waals surface area contributed by atoms with Crippen LogP contribution >= 0.6 is 0 Å². The molecule has 0 aliphatic heterocycles. The van der Waals surface area contributed by atoms with Gasteiger partial charge in [0.15, 0.2) is 5.82 Å². The van der Waals surface area contributed by atoms with Crippen molar-refractivity contribution in [1.29, 1.82) is 0 Å². The maximum atomic E-state index is 6.55. The second-order valence-corrected chi connectivity index (χ2v) is 13.4. The summed E-state index contributed by atoms with van der Waals surface area (Å²) in [6.45, 7) is 0. The molecule has 10 rings (SSSR count). The SMILES string of the molecule is c1ccc(-c2cc(-c3cc(-c4ccc(-c5ccc6ccccc6c5)cc4)cc(-c4cccc5c4oc4ccccc45)c3)nc(-c3ccccc3)n2)cc1. The molecule has 3 heteroatoms. The van der Waals surface area contributed by atoms with Gasteiger partial charge < -0.3 is 4.42 Å². The summed E-state index contributed by atoms with van der Waals surface area (Å²) in [6, 6.07) is 68.1. The predicted octanol–water partition coefficient (Wildman–Crippen LogP) is 13.5. The van der Waals surface area contributed by atoms with Crippen LogP contribution in [0.3, 0.4) is 0 Å². The van der Waals surface area contributed by atoms with Crippen LogP contribution in [-0.4, -0.2) is 9.97 Å². The topological polar surface area (TPSA) is 38.9 Å². The lowest BCUT2D eigenvalue weighted by Gasteiger charge is -2.14. The zero-order valence-corrected chi connectivity index (χ0v) is 28.8. The van der Waals surface area contributed by atoms with Crippen molar-refractivity contribution in [2.45, 2.75) is 0 Å². The average molecular weight is 677 g/mol. The quantitative estimate of drug-likeness (QED) is 0.176. The van der Waals surface area contributed by atoms with E-state index in [1.54, 1.807) is 0 Å². The fraction of sp³-hybridized carbons (Fsp3) is 0. The van der Waals surface area contributed by atoms with Crippen LogP contribution in [0.2, 0.25) is 0 Å². The Balaban J connectivity index is 1.16. The van der Waals surface area contributed by atoms with E-state index in [9.17, 15) is 0 Å². The van der Waals surface area contributed by atoms with Gasteiger partial charge in [0.1, 0.15) is 11.2 Å². The van der Waals surface area contributed by atoms with E-state index in [2.05, 4.69) is 146 Å². The van der Waals surface area contributed by atoms with E-state index in [4.69, 9.17) is 14.4 Å². The van der Waals surface area contributed by atoms with Gasteiger partial charge in [-0.15, -0.1) is 0 Å². The van der Waals surface area contributed by atoms with Gasteiger partial charge in [-0.3, -0.25) is 0 Å². The number of hydrogen-bond donors (Lipinski definition) is 0. The van der Waals surface area contributed by atoms with E-state index in [1.165, 1.54) is 21.9 Å². The molecule has 3 nitrogen and oxygen atoms in total. The molecular formula is C50H32N2O. The van der Waals surface area contributed by atoms with Crippen LogP contribution in [0.25, 0.3) is 100.0 Å². The Kier molecular flexibility index (Phi) is 7.47. The first-order valence-corrected chi connectivity index (χ1v) is 17.9. The van der Waals surface area contributed by atoms with Gasteiger partial charge in [0.25, 0.3) is 0 Å². The molecule has 10 aromatic rings. The molecule has 0 saturated heterocycles. The minimum Gasteiger partial charge on any atom is -0.455 e. The number of fused-ring (bicyclic) bond motifs is 4. The molecule has 0 fully saturated rings. The Labute approximate surface area is 307 Å². The van der Waals surface area contributed by atoms with E-state index in [1.807, 2.05) is 48.5 Å². The zero-order chi connectivity index (χ0) is 35.1. The molecule has 0 radical (unpaired) electrons. The largest absolute Gasteiger partial charge is 0.455 e. The van der Waals surface area contributed by atoms with Gasteiger partial charge in [0, 0.05) is 33.0 Å². The monoisotopic (exact) mass is 676 g/mol. The number of benzene rings is 8. The lowest BCUT2D eigenvalue weighted by atomic mass is 9.92. The Bertz CT molecular complexity index is 2870. The van der Waals surface area contributed by atoms with E-state index in [0.717, 1.165) is 72.3 Å². The second-order valence-electron chi connectivity index (χ2n) is 13.4. The average Bonchev–Trinajstić information content (AvgIpc) is 3.63. The fourth-order valence-electron chi connectivity index (χ4n) is 7.36. The molecule has 248 valence electrons. The highest BCUT2D eigenvalue weighted by Crippen LogP contribution is 2.40. The zero-order valence-electron chi connectivity index (χ0n) is 28.8. The van der Waals surface area contributed by atoms with Crippen LogP contribution in [-0.2, 0) is 0 Å². The molecule has 0 spiro atoms. The Morgan fingerprint density at radius 2 is 0.906 bits per heavy atom. The summed E-state index contributed by atoms with van der Waals surface area (Å²) in [5.74, 6) is 0.688. The molecule has 53 heavy (non-hydrogen) atoms. The van der Waals surface area contributed by atoms with Crippen molar-refractivity contribution in [2.24, 2.45) is 0 Å². The van der Waals surface area contributed by atoms with Crippen LogP contribution in [0.4, 0.5) is 0 Å². The first-order valence-electron chi connectivity index (χ1n) is 17.9. The lowest BCUT2D eigenvalue weighted by Crippen LogP contribution is -1.96. The molecular weight excluding hydrogens is 645 g/mol. The molecule has 0 saturated carbocycles. The number of hydrogen-bond acceptors (Lipinski definition) is 3. The molecule has 0 amide bonds. The summed E-state index contributed by atoms with van der Waals surface area (Å²) in [4.78, 5) is 10.3. The summed E-state index contributed by atoms with van der Waals surface area (Å²) in [6.07, 6.45) is 0. The third kappa shape index (κ3) is 5.75. The molecule has 0 N–H and O–H groups in total. The van der Waals surface area contributed by atoms with E-state index in [-0.39, 0.29) is 0 Å². The van der Waals surface area contributed by atoms with Gasteiger partial charge in [-0.2, -0.15) is 0 Å². The van der Waals surface area contributed by atoms with Crippen molar-refractivity contribution >= 4 is 32.7 Å². The summed E-state index contributed by atoms with van der Waals surface area (Å²) >= 11 is 0. The van der Waals surface area contributed by atoms with Crippen molar-refractivity contribution in [3.05, 3.63) is 194 Å². The van der Waals surface area contributed by atoms with Crippen molar-refractivity contribution in [3.8, 4) is 67.3 Å².